The third-order valence-electron chi connectivity index (χ3n) is 3.09. The molecule has 0 fully saturated rings. The molecule has 0 radical (unpaired) electrons. The highest BCUT2D eigenvalue weighted by molar-refractivity contribution is 6.31. The summed E-state index contributed by atoms with van der Waals surface area (Å²) in [6.45, 7) is 4.50. The minimum atomic E-state index is -1.47. The lowest BCUT2D eigenvalue weighted by molar-refractivity contribution is 0.449. The summed E-state index contributed by atoms with van der Waals surface area (Å²) in [4.78, 5) is 0. The zero-order chi connectivity index (χ0) is 15.6. The maximum Gasteiger partial charge on any atom is 0.195 e. The molecule has 2 aromatic carbocycles. The standard InChI is InChI=1S/C16H15ClF3N/c1-9(2)21-8-11-7-10(3-5-13(11)17)12-4-6-14(18)16(20)15(12)19/h3-7,9,21H,8H2,1-2H3. The molecule has 0 bridgehead atoms. The van der Waals surface area contributed by atoms with Crippen LogP contribution in [0, 0.1) is 17.5 Å². The monoisotopic (exact) mass is 313 g/mol. The summed E-state index contributed by atoms with van der Waals surface area (Å²) < 4.78 is 40.1. The Morgan fingerprint density at radius 1 is 1.05 bits per heavy atom. The Morgan fingerprint density at radius 3 is 2.43 bits per heavy atom. The quantitative estimate of drug-likeness (QED) is 0.790. The highest BCUT2D eigenvalue weighted by atomic mass is 35.5. The van der Waals surface area contributed by atoms with E-state index in [1.807, 2.05) is 13.8 Å². The molecule has 21 heavy (non-hydrogen) atoms. The van der Waals surface area contributed by atoms with Gasteiger partial charge >= 0.3 is 0 Å². The van der Waals surface area contributed by atoms with Crippen LogP contribution in [0.1, 0.15) is 19.4 Å². The van der Waals surface area contributed by atoms with Crippen LogP contribution < -0.4 is 5.32 Å². The third kappa shape index (κ3) is 3.57. The molecule has 112 valence electrons. The van der Waals surface area contributed by atoms with Gasteiger partial charge in [0.25, 0.3) is 0 Å². The van der Waals surface area contributed by atoms with Crippen LogP contribution in [0.3, 0.4) is 0 Å². The first kappa shape index (κ1) is 15.9. The highest BCUT2D eigenvalue weighted by Crippen LogP contribution is 2.29. The number of halogens is 4. The van der Waals surface area contributed by atoms with Crippen LogP contribution >= 0.6 is 11.6 Å². The number of nitrogens with one attached hydrogen (secondary N) is 1. The Kier molecular flexibility index (Phi) is 4.91. The van der Waals surface area contributed by atoms with Gasteiger partial charge in [0, 0.05) is 23.2 Å². The van der Waals surface area contributed by atoms with E-state index in [2.05, 4.69) is 5.32 Å². The molecule has 0 unspecified atom stereocenters. The Bertz CT molecular complexity index is 656. The second-order valence-electron chi connectivity index (χ2n) is 5.06. The summed E-state index contributed by atoms with van der Waals surface area (Å²) >= 11 is 6.10. The van der Waals surface area contributed by atoms with Crippen molar-refractivity contribution in [3.63, 3.8) is 0 Å². The lowest BCUT2D eigenvalue weighted by atomic mass is 10.0. The molecule has 2 rings (SSSR count). The Morgan fingerprint density at radius 2 is 1.76 bits per heavy atom. The van der Waals surface area contributed by atoms with E-state index in [0.717, 1.165) is 11.6 Å². The summed E-state index contributed by atoms with van der Waals surface area (Å²) in [5, 5.41) is 3.74. The SMILES string of the molecule is CC(C)NCc1cc(-c2ccc(F)c(F)c2F)ccc1Cl. The first-order chi connectivity index (χ1) is 9.90. The van der Waals surface area contributed by atoms with Crippen molar-refractivity contribution in [1.29, 1.82) is 0 Å². The van der Waals surface area contributed by atoms with Gasteiger partial charge in [-0.15, -0.1) is 0 Å². The fraction of sp³-hybridized carbons (Fsp3) is 0.250. The average Bonchev–Trinajstić information content (AvgIpc) is 2.44. The maximum atomic E-state index is 13.8. The Labute approximate surface area is 126 Å². The summed E-state index contributed by atoms with van der Waals surface area (Å²) in [7, 11) is 0. The van der Waals surface area contributed by atoms with E-state index in [-0.39, 0.29) is 11.6 Å². The van der Waals surface area contributed by atoms with E-state index in [4.69, 9.17) is 11.6 Å². The van der Waals surface area contributed by atoms with Gasteiger partial charge in [0.15, 0.2) is 17.5 Å². The zero-order valence-electron chi connectivity index (χ0n) is 11.7. The second kappa shape index (κ2) is 6.50. The summed E-state index contributed by atoms with van der Waals surface area (Å²) in [6, 6.07) is 7.27. The minimum Gasteiger partial charge on any atom is -0.310 e. The minimum absolute atomic E-state index is 0.0105. The van der Waals surface area contributed by atoms with Crippen molar-refractivity contribution in [2.45, 2.75) is 26.4 Å². The van der Waals surface area contributed by atoms with Crippen LogP contribution in [0.25, 0.3) is 11.1 Å². The largest absolute Gasteiger partial charge is 0.310 e. The van der Waals surface area contributed by atoms with Crippen molar-refractivity contribution in [1.82, 2.24) is 5.32 Å². The number of hydrogen-bond acceptors (Lipinski definition) is 1. The van der Waals surface area contributed by atoms with Crippen LogP contribution in [0.4, 0.5) is 13.2 Å². The topological polar surface area (TPSA) is 12.0 Å². The van der Waals surface area contributed by atoms with Crippen molar-refractivity contribution < 1.29 is 13.2 Å². The van der Waals surface area contributed by atoms with Gasteiger partial charge < -0.3 is 5.32 Å². The predicted molar refractivity (Wildman–Crippen MR) is 78.7 cm³/mol. The van der Waals surface area contributed by atoms with Crippen LogP contribution in [0.2, 0.25) is 5.02 Å². The normalized spacial score (nSPS) is 11.2. The average molecular weight is 314 g/mol. The molecule has 1 N–H and O–H groups in total. The van der Waals surface area contributed by atoms with Gasteiger partial charge in [0.05, 0.1) is 0 Å². The van der Waals surface area contributed by atoms with Gasteiger partial charge in [-0.25, -0.2) is 13.2 Å². The maximum absolute atomic E-state index is 13.8. The second-order valence-corrected chi connectivity index (χ2v) is 5.47. The van der Waals surface area contributed by atoms with Crippen molar-refractivity contribution in [3.8, 4) is 11.1 Å². The van der Waals surface area contributed by atoms with Crippen molar-refractivity contribution >= 4 is 11.6 Å². The fourth-order valence-electron chi connectivity index (χ4n) is 1.94. The van der Waals surface area contributed by atoms with Crippen molar-refractivity contribution in [2.24, 2.45) is 0 Å². The highest BCUT2D eigenvalue weighted by Gasteiger charge is 2.15. The van der Waals surface area contributed by atoms with Crippen LogP contribution in [0.15, 0.2) is 30.3 Å². The zero-order valence-corrected chi connectivity index (χ0v) is 12.4. The number of rotatable bonds is 4. The molecule has 0 aliphatic rings. The van der Waals surface area contributed by atoms with Crippen LogP contribution in [-0.2, 0) is 6.54 Å². The molecule has 0 aliphatic carbocycles. The summed E-state index contributed by atoms with van der Waals surface area (Å²) in [6.07, 6.45) is 0. The van der Waals surface area contributed by atoms with E-state index in [1.165, 1.54) is 6.07 Å². The Balaban J connectivity index is 2.41. The van der Waals surface area contributed by atoms with E-state index in [9.17, 15) is 13.2 Å². The molecule has 0 saturated heterocycles. The molecule has 0 heterocycles. The first-order valence-corrected chi connectivity index (χ1v) is 6.93. The molecule has 0 amide bonds. The van der Waals surface area contributed by atoms with Crippen LogP contribution in [0.5, 0.6) is 0 Å². The molecule has 0 aromatic heterocycles. The smallest absolute Gasteiger partial charge is 0.195 e. The lowest BCUT2D eigenvalue weighted by Gasteiger charge is -2.12. The molecule has 0 aliphatic heterocycles. The van der Waals surface area contributed by atoms with Crippen LogP contribution in [-0.4, -0.2) is 6.04 Å². The van der Waals surface area contributed by atoms with Gasteiger partial charge in [-0.2, -0.15) is 0 Å². The Hall–Kier alpha value is -1.52. The summed E-state index contributed by atoms with van der Waals surface area (Å²) in [5.74, 6) is -3.86. The van der Waals surface area contributed by atoms with Gasteiger partial charge in [-0.05, 0) is 35.4 Å². The molecule has 0 atom stereocenters. The van der Waals surface area contributed by atoms with Gasteiger partial charge in [0.2, 0.25) is 0 Å². The predicted octanol–water partition coefficient (Wildman–Crippen LogP) is 4.92. The lowest BCUT2D eigenvalue weighted by Crippen LogP contribution is -2.22. The van der Waals surface area contributed by atoms with E-state index >= 15 is 0 Å². The van der Waals surface area contributed by atoms with Crippen molar-refractivity contribution in [3.05, 3.63) is 58.4 Å². The molecule has 1 nitrogen and oxygen atoms in total. The molecule has 0 saturated carbocycles. The van der Waals surface area contributed by atoms with Crippen molar-refractivity contribution in [2.75, 3.05) is 0 Å². The first-order valence-electron chi connectivity index (χ1n) is 6.56. The van der Waals surface area contributed by atoms with Gasteiger partial charge in [0.1, 0.15) is 0 Å². The number of benzene rings is 2. The van der Waals surface area contributed by atoms with E-state index in [0.29, 0.717) is 17.1 Å². The molecule has 2 aromatic rings. The van der Waals surface area contributed by atoms with Gasteiger partial charge in [-0.1, -0.05) is 31.5 Å². The fourth-order valence-corrected chi connectivity index (χ4v) is 2.13. The molecule has 5 heteroatoms. The molecule has 0 spiro atoms. The van der Waals surface area contributed by atoms with E-state index in [1.54, 1.807) is 18.2 Å². The van der Waals surface area contributed by atoms with Gasteiger partial charge in [-0.3, -0.25) is 0 Å². The third-order valence-corrected chi connectivity index (χ3v) is 3.46. The summed E-state index contributed by atoms with van der Waals surface area (Å²) in [5.41, 5.74) is 1.24. The number of hydrogen-bond donors (Lipinski definition) is 1. The molecular weight excluding hydrogens is 299 g/mol. The van der Waals surface area contributed by atoms with E-state index < -0.39 is 17.5 Å². The molecular formula is C16H15ClF3N.